The number of alkyl halides is 2. The topological polar surface area (TPSA) is 76.5 Å². The molecule has 1 atom stereocenters. The van der Waals surface area contributed by atoms with Crippen molar-refractivity contribution < 1.29 is 18.3 Å². The van der Waals surface area contributed by atoms with Gasteiger partial charge in [-0.05, 0) is 55.7 Å². The number of amides is 1. The fourth-order valence-corrected chi connectivity index (χ4v) is 4.71. The second-order valence-corrected chi connectivity index (χ2v) is 9.30. The van der Waals surface area contributed by atoms with E-state index in [-0.39, 0.29) is 17.2 Å². The number of pyridine rings is 2. The van der Waals surface area contributed by atoms with Gasteiger partial charge in [-0.25, -0.2) is 0 Å². The number of halogens is 2. The first-order chi connectivity index (χ1) is 17.1. The van der Waals surface area contributed by atoms with Crippen molar-refractivity contribution in [2.75, 3.05) is 16.8 Å². The number of aryl methyl sites for hydroxylation is 1. The molecule has 0 radical (unpaired) electrons. The van der Waals surface area contributed by atoms with Crippen LogP contribution in [-0.4, -0.2) is 28.1 Å². The fourth-order valence-electron chi connectivity index (χ4n) is 4.71. The van der Waals surface area contributed by atoms with E-state index in [1.807, 2.05) is 19.1 Å². The summed E-state index contributed by atoms with van der Waals surface area (Å²) in [5, 5.41) is 2.78. The number of hydrogen-bond acceptors (Lipinski definition) is 5. The molecule has 0 saturated carbocycles. The van der Waals surface area contributed by atoms with Gasteiger partial charge in [-0.1, -0.05) is 6.07 Å². The predicted molar refractivity (Wildman–Crippen MR) is 133 cm³/mol. The molecule has 2 aliphatic heterocycles. The van der Waals surface area contributed by atoms with Gasteiger partial charge in [-0.2, -0.15) is 8.78 Å². The molecule has 1 saturated heterocycles. The maximum absolute atomic E-state index is 13.7. The van der Waals surface area contributed by atoms with Gasteiger partial charge >= 0.3 is 0 Å². The Bertz CT molecular complexity index is 1440. The number of carbonyl (C=O) groups is 1. The van der Waals surface area contributed by atoms with E-state index >= 15 is 0 Å². The number of fused-ring (bicyclic) bond motifs is 2. The van der Waals surface area contributed by atoms with Gasteiger partial charge in [0.1, 0.15) is 18.6 Å². The zero-order valence-electron chi connectivity index (χ0n) is 20.2. The SMILES string of the molecule is Cc1ccc(NC(=O)c2ccnc(C(C)(F)F)c2)cc1-c1cc(N2C3=COCC2CC3)cc(=O)n1C. The van der Waals surface area contributed by atoms with Gasteiger partial charge in [-0.3, -0.25) is 14.6 Å². The molecule has 3 aromatic rings. The van der Waals surface area contributed by atoms with Crippen LogP contribution in [0.2, 0.25) is 0 Å². The van der Waals surface area contributed by atoms with E-state index in [1.165, 1.54) is 12.3 Å². The Balaban J connectivity index is 1.49. The van der Waals surface area contributed by atoms with Crippen molar-refractivity contribution in [3.63, 3.8) is 0 Å². The number of hydrogen-bond donors (Lipinski definition) is 1. The molecule has 1 fully saturated rings. The minimum absolute atomic E-state index is 0.0779. The molecule has 186 valence electrons. The summed E-state index contributed by atoms with van der Waals surface area (Å²) in [6.07, 6.45) is 4.83. The van der Waals surface area contributed by atoms with Gasteiger partial charge in [0.25, 0.3) is 17.4 Å². The number of anilines is 2. The van der Waals surface area contributed by atoms with Crippen LogP contribution in [0.5, 0.6) is 0 Å². The largest absolute Gasteiger partial charge is 0.497 e. The molecule has 1 aromatic carbocycles. The Morgan fingerprint density at radius 1 is 1.19 bits per heavy atom. The molecule has 9 heteroatoms. The first-order valence-corrected chi connectivity index (χ1v) is 11.7. The van der Waals surface area contributed by atoms with E-state index in [4.69, 9.17) is 4.74 Å². The van der Waals surface area contributed by atoms with Crippen LogP contribution in [0.3, 0.4) is 0 Å². The molecule has 1 unspecified atom stereocenters. The van der Waals surface area contributed by atoms with Crippen molar-refractivity contribution in [1.29, 1.82) is 0 Å². The summed E-state index contributed by atoms with van der Waals surface area (Å²) >= 11 is 0. The van der Waals surface area contributed by atoms with Crippen LogP contribution < -0.4 is 15.8 Å². The summed E-state index contributed by atoms with van der Waals surface area (Å²) in [6, 6.07) is 11.6. The molecule has 5 rings (SSSR count). The number of ether oxygens (including phenoxy) is 1. The standard InChI is InChI=1S/C27H26F2N4O3/c1-16-4-5-18(31-26(35)17-8-9-30-24(10-17)27(2,28)29)11-22(16)23-12-21(13-25(34)32(23)3)33-19-6-7-20(33)15-36-14-19/h4-5,8-14,20H,6-7,15H2,1-3H3,(H,31,35). The van der Waals surface area contributed by atoms with E-state index in [2.05, 4.69) is 15.2 Å². The predicted octanol–water partition coefficient (Wildman–Crippen LogP) is 4.96. The normalized spacial score (nSPS) is 17.0. The van der Waals surface area contributed by atoms with Gasteiger partial charge in [0, 0.05) is 48.7 Å². The molecule has 2 bridgehead atoms. The molecule has 1 amide bonds. The highest BCUT2D eigenvalue weighted by Gasteiger charge is 2.33. The Kier molecular flexibility index (Phi) is 5.86. The number of rotatable bonds is 5. The van der Waals surface area contributed by atoms with Crippen molar-refractivity contribution in [2.24, 2.45) is 7.05 Å². The second-order valence-electron chi connectivity index (χ2n) is 9.30. The summed E-state index contributed by atoms with van der Waals surface area (Å²) < 4.78 is 34.4. The van der Waals surface area contributed by atoms with Crippen molar-refractivity contribution in [1.82, 2.24) is 9.55 Å². The molecule has 4 heterocycles. The maximum atomic E-state index is 13.7. The lowest BCUT2D eigenvalue weighted by atomic mass is 10.0. The first kappa shape index (κ1) is 23.7. The lowest BCUT2D eigenvalue weighted by molar-refractivity contribution is 0.0127. The third-order valence-corrected chi connectivity index (χ3v) is 6.69. The zero-order valence-corrected chi connectivity index (χ0v) is 20.2. The first-order valence-electron chi connectivity index (χ1n) is 11.7. The van der Waals surface area contributed by atoms with Gasteiger partial charge in [-0.15, -0.1) is 0 Å². The Morgan fingerprint density at radius 2 is 2.00 bits per heavy atom. The molecular weight excluding hydrogens is 466 g/mol. The number of aromatic nitrogens is 2. The monoisotopic (exact) mass is 492 g/mol. The van der Waals surface area contributed by atoms with Crippen molar-refractivity contribution in [2.45, 2.75) is 38.7 Å². The number of allylic oxidation sites excluding steroid dienone is 1. The smallest absolute Gasteiger partial charge is 0.286 e. The summed E-state index contributed by atoms with van der Waals surface area (Å²) in [4.78, 5) is 31.6. The molecular formula is C27H26F2N4O3. The number of nitrogens with zero attached hydrogens (tertiary/aromatic N) is 3. The van der Waals surface area contributed by atoms with Crippen molar-refractivity contribution >= 4 is 17.3 Å². The quantitative estimate of drug-likeness (QED) is 0.545. The molecule has 2 aliphatic rings. The van der Waals surface area contributed by atoms with E-state index in [0.29, 0.717) is 18.0 Å². The Morgan fingerprint density at radius 3 is 2.75 bits per heavy atom. The molecule has 0 aliphatic carbocycles. The molecule has 2 aromatic heterocycles. The lowest BCUT2D eigenvalue weighted by Crippen LogP contribution is -2.35. The Labute approximate surface area is 207 Å². The van der Waals surface area contributed by atoms with E-state index in [0.717, 1.165) is 48.3 Å². The highest BCUT2D eigenvalue weighted by atomic mass is 19.3. The van der Waals surface area contributed by atoms with Crippen LogP contribution in [0.15, 0.2) is 65.4 Å². The van der Waals surface area contributed by atoms with Crippen LogP contribution in [0.1, 0.15) is 41.4 Å². The average Bonchev–Trinajstić information content (AvgIpc) is 3.09. The number of nitrogens with one attached hydrogen (secondary N) is 1. The molecule has 0 spiro atoms. The number of benzene rings is 1. The summed E-state index contributed by atoms with van der Waals surface area (Å²) in [7, 11) is 1.71. The highest BCUT2D eigenvalue weighted by molar-refractivity contribution is 6.04. The van der Waals surface area contributed by atoms with E-state index < -0.39 is 17.5 Å². The summed E-state index contributed by atoms with van der Waals surface area (Å²) in [5.74, 6) is -3.68. The van der Waals surface area contributed by atoms with Crippen LogP contribution in [-0.2, 0) is 17.7 Å². The fraction of sp³-hybridized carbons (Fsp3) is 0.296. The van der Waals surface area contributed by atoms with Gasteiger partial charge in [0.05, 0.1) is 17.4 Å². The van der Waals surface area contributed by atoms with Gasteiger partial charge in [0.2, 0.25) is 0 Å². The summed E-state index contributed by atoms with van der Waals surface area (Å²) in [6.45, 7) is 3.24. The highest BCUT2D eigenvalue weighted by Crippen LogP contribution is 2.37. The summed E-state index contributed by atoms with van der Waals surface area (Å²) in [5.41, 5.74) is 4.20. The van der Waals surface area contributed by atoms with Crippen LogP contribution in [0.25, 0.3) is 11.3 Å². The Hall–Kier alpha value is -4.01. The van der Waals surface area contributed by atoms with Crippen LogP contribution in [0, 0.1) is 6.92 Å². The maximum Gasteiger partial charge on any atom is 0.286 e. The molecule has 7 nitrogen and oxygen atoms in total. The van der Waals surface area contributed by atoms with Gasteiger partial charge in [0.15, 0.2) is 0 Å². The van der Waals surface area contributed by atoms with E-state index in [1.54, 1.807) is 36.1 Å². The average molecular weight is 493 g/mol. The second kappa shape index (κ2) is 8.89. The molecule has 36 heavy (non-hydrogen) atoms. The third-order valence-electron chi connectivity index (χ3n) is 6.69. The minimum atomic E-state index is -3.15. The van der Waals surface area contributed by atoms with Crippen molar-refractivity contribution in [3.05, 3.63) is 87.8 Å². The zero-order chi connectivity index (χ0) is 25.6. The van der Waals surface area contributed by atoms with Crippen LogP contribution in [0.4, 0.5) is 20.2 Å². The van der Waals surface area contributed by atoms with Crippen LogP contribution >= 0.6 is 0 Å². The lowest BCUT2D eigenvalue weighted by Gasteiger charge is -2.31. The van der Waals surface area contributed by atoms with Crippen molar-refractivity contribution in [3.8, 4) is 11.3 Å². The minimum Gasteiger partial charge on any atom is -0.497 e. The van der Waals surface area contributed by atoms with E-state index in [9.17, 15) is 18.4 Å². The number of carbonyl (C=O) groups excluding carboxylic acids is 1. The molecule has 1 N–H and O–H groups in total. The van der Waals surface area contributed by atoms with Gasteiger partial charge < -0.3 is 19.5 Å². The third kappa shape index (κ3) is 4.36.